The average Bonchev–Trinajstić information content (AvgIpc) is 3.63. The number of hydrogen-bond acceptors (Lipinski definition) is 11. The number of ether oxygens (including phenoxy) is 4. The second-order valence-corrected chi connectivity index (χ2v) is 22.4. The van der Waals surface area contributed by atoms with E-state index >= 15 is 0 Å². The third kappa shape index (κ3) is 19.2. The van der Waals surface area contributed by atoms with Gasteiger partial charge in [0.25, 0.3) is 0 Å². The number of esters is 3. The number of rotatable bonds is 21. The van der Waals surface area contributed by atoms with Crippen LogP contribution in [0.1, 0.15) is 148 Å². The number of nitrogens with one attached hydrogen (secondary N) is 5. The molecule has 5 rings (SSSR count). The fraction of sp³-hybridized carbons (Fsp3) is 0.561. The van der Waals surface area contributed by atoms with Crippen LogP contribution >= 0.6 is 0 Å². The molecule has 398 valence electrons. The minimum Gasteiger partial charge on any atom is -0.460 e. The zero-order valence-electron chi connectivity index (χ0n) is 44.6. The van der Waals surface area contributed by atoms with Gasteiger partial charge in [-0.2, -0.15) is 0 Å². The zero-order valence-corrected chi connectivity index (χ0v) is 44.6. The first-order chi connectivity index (χ1) is 34.3. The number of aryl methyl sites for hydroxylation is 1. The monoisotopic (exact) mass is 1010 g/mol. The van der Waals surface area contributed by atoms with Gasteiger partial charge >= 0.3 is 30.0 Å². The van der Waals surface area contributed by atoms with Gasteiger partial charge in [-0.25, -0.2) is 19.2 Å². The molecule has 5 amide bonds. The van der Waals surface area contributed by atoms with Gasteiger partial charge in [0.1, 0.15) is 41.5 Å². The molecule has 2 aliphatic rings. The number of amides is 5. The van der Waals surface area contributed by atoms with Crippen molar-refractivity contribution in [1.29, 1.82) is 0 Å². The highest BCUT2D eigenvalue weighted by atomic mass is 16.6. The van der Waals surface area contributed by atoms with Crippen LogP contribution in [0, 0.1) is 18.8 Å². The maximum absolute atomic E-state index is 13.8. The van der Waals surface area contributed by atoms with Gasteiger partial charge in [0.05, 0.1) is 0 Å². The topological polar surface area (TPSA) is 217 Å². The van der Waals surface area contributed by atoms with Crippen LogP contribution in [0.25, 0.3) is 11.1 Å². The van der Waals surface area contributed by atoms with Crippen LogP contribution in [0.4, 0.5) is 9.59 Å². The summed E-state index contributed by atoms with van der Waals surface area (Å²) in [6.45, 7) is 18.2. The number of carbonyl (C=O) groups is 7. The van der Waals surface area contributed by atoms with E-state index in [1.165, 1.54) is 0 Å². The predicted molar refractivity (Wildman–Crippen MR) is 278 cm³/mol. The maximum Gasteiger partial charge on any atom is 0.407 e. The van der Waals surface area contributed by atoms with Crippen molar-refractivity contribution >= 4 is 41.8 Å². The Balaban J connectivity index is 1.10. The Morgan fingerprint density at radius 2 is 1.14 bits per heavy atom. The predicted octanol–water partition coefficient (Wildman–Crippen LogP) is 8.50. The Morgan fingerprint density at radius 3 is 1.68 bits per heavy atom. The normalized spacial score (nSPS) is 16.8. The van der Waals surface area contributed by atoms with E-state index in [-0.39, 0.29) is 68.4 Å². The molecule has 5 N–H and O–H groups in total. The van der Waals surface area contributed by atoms with Gasteiger partial charge in [-0.15, -0.1) is 0 Å². The first-order valence-corrected chi connectivity index (χ1v) is 25.8. The minimum absolute atomic E-state index is 0.0297. The summed E-state index contributed by atoms with van der Waals surface area (Å²) >= 11 is 0. The van der Waals surface area contributed by atoms with Crippen molar-refractivity contribution in [1.82, 2.24) is 26.6 Å². The average molecular weight is 1010 g/mol. The number of carbonyl (C=O) groups excluding carboxylic acids is 7. The van der Waals surface area contributed by atoms with Gasteiger partial charge in [0.15, 0.2) is 0 Å². The van der Waals surface area contributed by atoms with E-state index in [0.29, 0.717) is 32.2 Å². The third-order valence-corrected chi connectivity index (χ3v) is 12.6. The first kappa shape index (κ1) is 57.5. The summed E-state index contributed by atoms with van der Waals surface area (Å²) in [5.41, 5.74) is 4.09. The molecule has 3 atom stereocenters. The summed E-state index contributed by atoms with van der Waals surface area (Å²) < 4.78 is 22.3. The molecule has 1 saturated carbocycles. The van der Waals surface area contributed by atoms with Crippen LogP contribution in [-0.2, 0) is 49.3 Å². The SMILES string of the molecule is Cc1ccc(C[C@H](NC(=O)C2CCC(CNC(=O)OCC3c4ccccc4-c4ccccc43)CC2)C(=O)NCCCC[C@H](NC(=O)N[C@@H](CCC(=O)OC(C)(C)C)C(=O)OC(C)(C)C)C(=O)OC(C)(C)C)cc1. The standard InChI is InChI=1S/C57H79N5O11/c1-36-22-24-37(25-23-36)33-47(60-49(64)39-28-26-38(27-29-39)34-59-54(69)70-35-44-42-19-13-11-17-40(42)41-18-12-14-20-43(41)44)50(65)58-32-16-15-21-45(51(66)72-56(5,6)7)61-53(68)62-46(52(67)73-57(8,9)10)30-31-48(63)71-55(2,3)4/h11-14,17-20,22-25,38-39,44-47H,15-16,21,26-35H2,1-10H3,(H,58,65)(H,59,69)(H,60,64)(H2,61,62,68)/t38?,39?,45-,46-,47-/m0/s1. The van der Waals surface area contributed by atoms with Crippen molar-refractivity contribution in [2.45, 2.75) is 174 Å². The molecule has 3 aromatic carbocycles. The Morgan fingerprint density at radius 1 is 0.603 bits per heavy atom. The number of alkyl carbamates (subject to hydrolysis) is 1. The lowest BCUT2D eigenvalue weighted by atomic mass is 9.81. The molecule has 0 aliphatic heterocycles. The molecule has 0 bridgehead atoms. The number of unbranched alkanes of at least 4 members (excludes halogenated alkanes) is 1. The lowest BCUT2D eigenvalue weighted by Crippen LogP contribution is -2.53. The summed E-state index contributed by atoms with van der Waals surface area (Å²) in [5, 5.41) is 14.2. The van der Waals surface area contributed by atoms with Gasteiger partial charge in [0.2, 0.25) is 11.8 Å². The maximum atomic E-state index is 13.8. The zero-order chi connectivity index (χ0) is 53.5. The summed E-state index contributed by atoms with van der Waals surface area (Å²) in [6, 6.07) is 20.2. The molecule has 16 heteroatoms. The minimum atomic E-state index is -1.23. The molecule has 0 radical (unpaired) electrons. The lowest BCUT2D eigenvalue weighted by molar-refractivity contribution is -0.159. The second kappa shape index (κ2) is 26.0. The van der Waals surface area contributed by atoms with Gasteiger partial charge in [-0.05, 0) is 154 Å². The quantitative estimate of drug-likeness (QED) is 0.0387. The van der Waals surface area contributed by atoms with Crippen molar-refractivity contribution in [2.75, 3.05) is 19.7 Å². The van der Waals surface area contributed by atoms with E-state index in [0.717, 1.165) is 46.2 Å². The number of urea groups is 1. The van der Waals surface area contributed by atoms with E-state index < -0.39 is 65.0 Å². The van der Waals surface area contributed by atoms with E-state index in [4.69, 9.17) is 18.9 Å². The third-order valence-electron chi connectivity index (χ3n) is 12.6. The molecule has 2 aliphatic carbocycles. The molecule has 1 fully saturated rings. The van der Waals surface area contributed by atoms with Gasteiger partial charge < -0.3 is 45.5 Å². The fourth-order valence-corrected chi connectivity index (χ4v) is 9.03. The molecule has 3 aromatic rings. The molecule has 16 nitrogen and oxygen atoms in total. The highest BCUT2D eigenvalue weighted by Gasteiger charge is 2.34. The van der Waals surface area contributed by atoms with Crippen molar-refractivity contribution in [2.24, 2.45) is 11.8 Å². The van der Waals surface area contributed by atoms with Gasteiger partial charge in [-0.1, -0.05) is 78.4 Å². The Bertz CT molecular complexity index is 2330. The molecular formula is C57H79N5O11. The Hall–Kier alpha value is -6.45. The molecule has 0 aromatic heterocycles. The van der Waals surface area contributed by atoms with Crippen LogP contribution < -0.4 is 26.6 Å². The van der Waals surface area contributed by atoms with Crippen LogP contribution in [0.15, 0.2) is 72.8 Å². The summed E-state index contributed by atoms with van der Waals surface area (Å²) in [7, 11) is 0. The highest BCUT2D eigenvalue weighted by Crippen LogP contribution is 2.44. The molecular weight excluding hydrogens is 931 g/mol. The van der Waals surface area contributed by atoms with Crippen molar-refractivity contribution < 1.29 is 52.5 Å². The summed E-state index contributed by atoms with van der Waals surface area (Å²) in [6.07, 6.45) is 3.16. The summed E-state index contributed by atoms with van der Waals surface area (Å²) in [5.74, 6) is -2.68. The highest BCUT2D eigenvalue weighted by molar-refractivity contribution is 5.89. The van der Waals surface area contributed by atoms with E-state index in [2.05, 4.69) is 50.8 Å². The molecule has 73 heavy (non-hydrogen) atoms. The number of hydrogen-bond donors (Lipinski definition) is 5. The van der Waals surface area contributed by atoms with Gasteiger partial charge in [0, 0.05) is 37.8 Å². The van der Waals surface area contributed by atoms with Crippen LogP contribution in [0.5, 0.6) is 0 Å². The number of fused-ring (bicyclic) bond motifs is 3. The van der Waals surface area contributed by atoms with Crippen LogP contribution in [-0.4, -0.2) is 96.5 Å². The fourth-order valence-electron chi connectivity index (χ4n) is 9.03. The van der Waals surface area contributed by atoms with Crippen molar-refractivity contribution in [3.8, 4) is 11.1 Å². The Labute approximate surface area is 431 Å². The second-order valence-electron chi connectivity index (χ2n) is 22.4. The first-order valence-electron chi connectivity index (χ1n) is 25.8. The van der Waals surface area contributed by atoms with Crippen molar-refractivity contribution in [3.63, 3.8) is 0 Å². The van der Waals surface area contributed by atoms with Crippen LogP contribution in [0.2, 0.25) is 0 Å². The van der Waals surface area contributed by atoms with Gasteiger partial charge in [-0.3, -0.25) is 14.4 Å². The lowest BCUT2D eigenvalue weighted by Gasteiger charge is -2.29. The van der Waals surface area contributed by atoms with E-state index in [9.17, 15) is 33.6 Å². The molecule has 0 spiro atoms. The Kier molecular flexibility index (Phi) is 20.4. The summed E-state index contributed by atoms with van der Waals surface area (Å²) in [4.78, 5) is 93.0. The molecule has 0 unspecified atom stereocenters. The van der Waals surface area contributed by atoms with E-state index in [1.807, 2.05) is 55.5 Å². The smallest absolute Gasteiger partial charge is 0.407 e. The largest absolute Gasteiger partial charge is 0.460 e. The van der Waals surface area contributed by atoms with Crippen molar-refractivity contribution in [3.05, 3.63) is 95.1 Å². The number of benzene rings is 3. The van der Waals surface area contributed by atoms with Crippen LogP contribution in [0.3, 0.4) is 0 Å². The van der Waals surface area contributed by atoms with E-state index in [1.54, 1.807) is 62.3 Å². The molecule has 0 saturated heterocycles. The molecule has 0 heterocycles.